The number of hydrogen-bond acceptors (Lipinski definition) is 3. The highest BCUT2D eigenvalue weighted by Crippen LogP contribution is 2.67. The highest BCUT2D eigenvalue weighted by Gasteiger charge is 2.61. The smallest absolute Gasteiger partial charge is 0.194 e. The molecule has 8 unspecified atom stereocenters. The molecule has 4 fully saturated rings. The molecule has 6 rings (SSSR count). The third-order valence-corrected chi connectivity index (χ3v) is 11.5. The predicted molar refractivity (Wildman–Crippen MR) is 131 cm³/mol. The molecule has 4 nitrogen and oxygen atoms in total. The van der Waals surface area contributed by atoms with E-state index in [0.717, 1.165) is 47.4 Å². The molecule has 0 amide bonds. The van der Waals surface area contributed by atoms with Crippen molar-refractivity contribution in [2.75, 3.05) is 18.7 Å². The summed E-state index contributed by atoms with van der Waals surface area (Å²) in [5, 5.41) is 2.13. The number of rotatable bonds is 4. The maximum atomic E-state index is 13.7. The Kier molecular flexibility index (Phi) is 5.14. The van der Waals surface area contributed by atoms with Gasteiger partial charge in [-0.05, 0) is 97.9 Å². The molecule has 180 valence electrons. The summed E-state index contributed by atoms with van der Waals surface area (Å²) in [4.78, 5) is 13.7. The van der Waals surface area contributed by atoms with Gasteiger partial charge < -0.3 is 4.74 Å². The van der Waals surface area contributed by atoms with Gasteiger partial charge >= 0.3 is 0 Å². The number of ether oxygens (including phenoxy) is 1. The lowest BCUT2D eigenvalue weighted by Gasteiger charge is -2.61. The SMILES string of the molecule is COc1cccc2c1N(CC(=O)C1CCC3C4CCC5CC(C)CCC5(C)C4CCC13C)[NH2+]2. The Hall–Kier alpha value is -1.55. The first kappa shape index (κ1) is 21.9. The molecule has 4 aliphatic carbocycles. The maximum absolute atomic E-state index is 13.7. The van der Waals surface area contributed by atoms with Crippen LogP contribution in [0.15, 0.2) is 18.2 Å². The molecular weight excluding hydrogens is 408 g/mol. The third kappa shape index (κ3) is 3.15. The summed E-state index contributed by atoms with van der Waals surface area (Å²) in [7, 11) is 1.72. The van der Waals surface area contributed by atoms with E-state index in [1.165, 1.54) is 57.1 Å². The molecule has 0 bridgehead atoms. The summed E-state index contributed by atoms with van der Waals surface area (Å²) < 4.78 is 5.57. The van der Waals surface area contributed by atoms with E-state index in [2.05, 4.69) is 37.3 Å². The number of hydrogen-bond donors (Lipinski definition) is 1. The van der Waals surface area contributed by atoms with Crippen LogP contribution in [0.2, 0.25) is 0 Å². The first-order valence-electron chi connectivity index (χ1n) is 13.7. The molecule has 1 aromatic carbocycles. The highest BCUT2D eigenvalue weighted by atomic mass is 16.5. The molecular formula is C29H43N2O2+. The lowest BCUT2D eigenvalue weighted by atomic mass is 9.44. The summed E-state index contributed by atoms with van der Waals surface area (Å²) in [6.45, 7) is 8.13. The van der Waals surface area contributed by atoms with Crippen molar-refractivity contribution in [1.29, 1.82) is 0 Å². The van der Waals surface area contributed by atoms with Crippen molar-refractivity contribution in [2.45, 2.75) is 78.6 Å². The number of methoxy groups -OCH3 is 1. The van der Waals surface area contributed by atoms with Crippen LogP contribution in [0.3, 0.4) is 0 Å². The Bertz CT molecular complexity index is 946. The standard InChI is InChI=1S/C29H42N2O2/c1-18-12-14-28(2)19(16-18)8-9-20-21-10-11-23(29(21,3)15-13-22(20)28)25(32)17-31-27-24(30-31)6-5-7-26(27)33-4/h5-7,18-23,30H,8-17H2,1-4H3/p+1. The molecule has 1 aliphatic heterocycles. The van der Waals surface area contributed by atoms with Crippen LogP contribution >= 0.6 is 0 Å². The van der Waals surface area contributed by atoms with Gasteiger partial charge in [0, 0.05) is 12.0 Å². The van der Waals surface area contributed by atoms with Gasteiger partial charge in [0.15, 0.2) is 22.9 Å². The average molecular weight is 452 g/mol. The fourth-order valence-electron chi connectivity index (χ4n) is 9.69. The summed E-state index contributed by atoms with van der Waals surface area (Å²) in [5.41, 5.74) is 5.16. The van der Waals surface area contributed by atoms with E-state index in [1.807, 2.05) is 12.1 Å². The van der Waals surface area contributed by atoms with Crippen LogP contribution in [-0.4, -0.2) is 19.4 Å². The molecule has 0 radical (unpaired) electrons. The fraction of sp³-hybridized carbons (Fsp3) is 0.759. The summed E-state index contributed by atoms with van der Waals surface area (Å²) in [5.74, 6) is 5.94. The Morgan fingerprint density at radius 3 is 2.67 bits per heavy atom. The van der Waals surface area contributed by atoms with Crippen molar-refractivity contribution in [1.82, 2.24) is 0 Å². The number of fused-ring (bicyclic) bond motifs is 6. The lowest BCUT2D eigenvalue weighted by molar-refractivity contribution is -0.607. The molecule has 5 aliphatic rings. The van der Waals surface area contributed by atoms with Gasteiger partial charge in [0.25, 0.3) is 0 Å². The minimum Gasteiger partial charge on any atom is -0.494 e. The molecule has 0 saturated heterocycles. The fourth-order valence-corrected chi connectivity index (χ4v) is 9.69. The number of nitrogens with zero attached hydrogens (tertiary/aromatic N) is 1. The van der Waals surface area contributed by atoms with Gasteiger partial charge in [-0.3, -0.25) is 4.79 Å². The number of carbonyl (C=O) groups excluding carboxylic acids is 1. The zero-order chi connectivity index (χ0) is 23.0. The molecule has 4 heteroatoms. The molecule has 0 aromatic heterocycles. The van der Waals surface area contributed by atoms with Gasteiger partial charge in [0.2, 0.25) is 0 Å². The first-order valence-corrected chi connectivity index (χ1v) is 13.7. The Labute approximate surface area is 199 Å². The van der Waals surface area contributed by atoms with E-state index in [4.69, 9.17) is 4.74 Å². The molecule has 1 aromatic rings. The van der Waals surface area contributed by atoms with E-state index >= 15 is 0 Å². The number of ketones is 1. The van der Waals surface area contributed by atoms with Crippen LogP contribution in [0.1, 0.15) is 78.6 Å². The zero-order valence-electron chi connectivity index (χ0n) is 21.1. The molecule has 33 heavy (non-hydrogen) atoms. The van der Waals surface area contributed by atoms with Gasteiger partial charge in [-0.2, -0.15) is 0 Å². The minimum absolute atomic E-state index is 0.206. The minimum atomic E-state index is 0.206. The van der Waals surface area contributed by atoms with Crippen molar-refractivity contribution in [3.05, 3.63) is 18.2 Å². The summed E-state index contributed by atoms with van der Waals surface area (Å²) in [6.07, 6.45) is 12.2. The van der Waals surface area contributed by atoms with Gasteiger partial charge in [-0.1, -0.05) is 33.3 Å². The number of benzene rings is 1. The van der Waals surface area contributed by atoms with E-state index in [-0.39, 0.29) is 11.3 Å². The Morgan fingerprint density at radius 2 is 1.85 bits per heavy atom. The molecule has 1 heterocycles. The van der Waals surface area contributed by atoms with Crippen molar-refractivity contribution >= 4 is 17.2 Å². The van der Waals surface area contributed by atoms with Crippen molar-refractivity contribution in [3.8, 4) is 5.75 Å². The largest absolute Gasteiger partial charge is 0.494 e. The Morgan fingerprint density at radius 1 is 1.06 bits per heavy atom. The lowest BCUT2D eigenvalue weighted by Crippen LogP contribution is -2.96. The van der Waals surface area contributed by atoms with E-state index in [0.29, 0.717) is 17.7 Å². The predicted octanol–water partition coefficient (Wildman–Crippen LogP) is 5.49. The number of quaternary nitrogens is 1. The molecule has 8 atom stereocenters. The quantitative estimate of drug-likeness (QED) is 0.486. The van der Waals surface area contributed by atoms with E-state index in [9.17, 15) is 4.79 Å². The number of anilines is 1. The van der Waals surface area contributed by atoms with Gasteiger partial charge in [0.05, 0.1) is 7.11 Å². The van der Waals surface area contributed by atoms with Crippen molar-refractivity contribution < 1.29 is 15.0 Å². The number of Topliss-reactive ketones (excluding diaryl/α,β-unsaturated/α-hetero) is 1. The van der Waals surface area contributed by atoms with Gasteiger partial charge in [0.1, 0.15) is 6.54 Å². The normalized spacial score (nSPS) is 43.6. The van der Waals surface area contributed by atoms with Crippen LogP contribution in [0.5, 0.6) is 5.75 Å². The second-order valence-electron chi connectivity index (χ2n) is 12.8. The van der Waals surface area contributed by atoms with E-state index in [1.54, 1.807) is 7.11 Å². The number of carbonyl (C=O) groups is 1. The average Bonchev–Trinajstić information content (AvgIpc) is 3.14. The second-order valence-corrected chi connectivity index (χ2v) is 12.8. The topological polar surface area (TPSA) is 46.1 Å². The molecule has 4 saturated carbocycles. The highest BCUT2D eigenvalue weighted by molar-refractivity contribution is 5.89. The Balaban J connectivity index is 1.18. The van der Waals surface area contributed by atoms with Crippen molar-refractivity contribution in [3.63, 3.8) is 0 Å². The van der Waals surface area contributed by atoms with Crippen LogP contribution in [0.4, 0.5) is 11.4 Å². The van der Waals surface area contributed by atoms with E-state index < -0.39 is 0 Å². The van der Waals surface area contributed by atoms with Crippen LogP contribution in [0, 0.1) is 46.3 Å². The van der Waals surface area contributed by atoms with Crippen LogP contribution in [0.25, 0.3) is 0 Å². The third-order valence-electron chi connectivity index (χ3n) is 11.5. The monoisotopic (exact) mass is 451 g/mol. The molecule has 0 spiro atoms. The zero-order valence-corrected chi connectivity index (χ0v) is 21.1. The number of para-hydroxylation sites is 1. The van der Waals surface area contributed by atoms with Crippen LogP contribution in [-0.2, 0) is 4.79 Å². The summed E-state index contributed by atoms with van der Waals surface area (Å²) in [6, 6.07) is 6.13. The molecule has 2 N–H and O–H groups in total. The van der Waals surface area contributed by atoms with Gasteiger partial charge in [-0.15, -0.1) is 0 Å². The first-order chi connectivity index (χ1) is 15.8. The second kappa shape index (κ2) is 7.73. The van der Waals surface area contributed by atoms with Crippen LogP contribution < -0.4 is 15.2 Å². The number of nitrogens with two attached hydrogens (primary N) is 1. The summed E-state index contributed by atoms with van der Waals surface area (Å²) >= 11 is 0. The van der Waals surface area contributed by atoms with Crippen molar-refractivity contribution in [2.24, 2.45) is 46.3 Å². The van der Waals surface area contributed by atoms with Gasteiger partial charge in [-0.25, -0.2) is 10.4 Å². The maximum Gasteiger partial charge on any atom is 0.194 e.